The molecule has 0 bridgehead atoms. The summed E-state index contributed by atoms with van der Waals surface area (Å²) in [4.78, 5) is 13.8. The first-order chi connectivity index (χ1) is 9.19. The Balaban J connectivity index is 1.83. The van der Waals surface area contributed by atoms with Crippen molar-refractivity contribution in [3.05, 3.63) is 29.8 Å². The highest BCUT2D eigenvalue weighted by molar-refractivity contribution is 5.94. The highest BCUT2D eigenvalue weighted by Gasteiger charge is 2.18. The molecular formula is C16H24N2O. The second-order valence-corrected chi connectivity index (χ2v) is 5.39. The molecule has 1 aromatic carbocycles. The molecule has 1 aliphatic heterocycles. The normalized spacial score (nSPS) is 17.4. The van der Waals surface area contributed by atoms with Crippen molar-refractivity contribution < 1.29 is 4.79 Å². The highest BCUT2D eigenvalue weighted by Crippen LogP contribution is 2.17. The number of likely N-dealkylation sites (tertiary alicyclic amines) is 1. The van der Waals surface area contributed by atoms with Gasteiger partial charge in [0.25, 0.3) is 0 Å². The summed E-state index contributed by atoms with van der Waals surface area (Å²) in [6.07, 6.45) is 3.65. The van der Waals surface area contributed by atoms with Gasteiger partial charge >= 0.3 is 0 Å². The zero-order valence-electron chi connectivity index (χ0n) is 12.0. The molecule has 1 fully saturated rings. The van der Waals surface area contributed by atoms with Gasteiger partial charge in [0.1, 0.15) is 0 Å². The lowest BCUT2D eigenvalue weighted by Gasteiger charge is -2.32. The third-order valence-electron chi connectivity index (χ3n) is 3.79. The molecule has 1 aromatic rings. The quantitative estimate of drug-likeness (QED) is 0.825. The number of benzene rings is 1. The SMILES string of the molecule is CCCN1CCC(Nc2ccc(C(C)=O)cc2)CC1. The van der Waals surface area contributed by atoms with Crippen molar-refractivity contribution in [3.63, 3.8) is 0 Å². The van der Waals surface area contributed by atoms with E-state index in [9.17, 15) is 4.79 Å². The predicted molar refractivity (Wildman–Crippen MR) is 79.8 cm³/mol. The number of ketones is 1. The molecule has 0 aliphatic carbocycles. The van der Waals surface area contributed by atoms with Crippen LogP contribution in [0.5, 0.6) is 0 Å². The maximum absolute atomic E-state index is 11.2. The van der Waals surface area contributed by atoms with Crippen LogP contribution in [0.25, 0.3) is 0 Å². The molecule has 1 saturated heterocycles. The van der Waals surface area contributed by atoms with E-state index in [4.69, 9.17) is 0 Å². The van der Waals surface area contributed by atoms with Crippen molar-refractivity contribution in [1.29, 1.82) is 0 Å². The fraction of sp³-hybridized carbons (Fsp3) is 0.562. The molecule has 104 valence electrons. The van der Waals surface area contributed by atoms with Crippen LogP contribution in [0.15, 0.2) is 24.3 Å². The Morgan fingerprint density at radius 2 is 1.89 bits per heavy atom. The molecule has 0 aromatic heterocycles. The van der Waals surface area contributed by atoms with Gasteiger partial charge in [0.15, 0.2) is 5.78 Å². The van der Waals surface area contributed by atoms with Gasteiger partial charge in [-0.15, -0.1) is 0 Å². The molecule has 19 heavy (non-hydrogen) atoms. The molecular weight excluding hydrogens is 236 g/mol. The molecule has 0 radical (unpaired) electrons. The van der Waals surface area contributed by atoms with E-state index >= 15 is 0 Å². The molecule has 1 heterocycles. The summed E-state index contributed by atoms with van der Waals surface area (Å²) in [5, 5.41) is 3.57. The lowest BCUT2D eigenvalue weighted by molar-refractivity contribution is 0.101. The van der Waals surface area contributed by atoms with Gasteiger partial charge in [-0.1, -0.05) is 6.92 Å². The second-order valence-electron chi connectivity index (χ2n) is 5.39. The topological polar surface area (TPSA) is 32.3 Å². The molecule has 0 amide bonds. The van der Waals surface area contributed by atoms with Gasteiger partial charge in [-0.3, -0.25) is 4.79 Å². The van der Waals surface area contributed by atoms with Crippen LogP contribution in [0.2, 0.25) is 0 Å². The summed E-state index contributed by atoms with van der Waals surface area (Å²) in [7, 11) is 0. The van der Waals surface area contributed by atoms with Crippen molar-refractivity contribution in [2.45, 2.75) is 39.2 Å². The standard InChI is InChI=1S/C16H24N2O/c1-3-10-18-11-8-16(9-12-18)17-15-6-4-14(5-7-15)13(2)19/h4-7,16-17H,3,8-12H2,1-2H3. The van der Waals surface area contributed by atoms with Gasteiger partial charge in [-0.25, -0.2) is 0 Å². The minimum absolute atomic E-state index is 0.124. The van der Waals surface area contributed by atoms with Crippen molar-refractivity contribution in [1.82, 2.24) is 4.90 Å². The van der Waals surface area contributed by atoms with E-state index in [0.717, 1.165) is 11.3 Å². The fourth-order valence-electron chi connectivity index (χ4n) is 2.65. The first-order valence-corrected chi connectivity index (χ1v) is 7.29. The number of rotatable bonds is 5. The van der Waals surface area contributed by atoms with E-state index in [1.54, 1.807) is 6.92 Å². The van der Waals surface area contributed by atoms with Crippen molar-refractivity contribution >= 4 is 11.5 Å². The zero-order chi connectivity index (χ0) is 13.7. The number of hydrogen-bond donors (Lipinski definition) is 1. The Labute approximate surface area is 116 Å². The number of hydrogen-bond acceptors (Lipinski definition) is 3. The predicted octanol–water partition coefficient (Wildman–Crippen LogP) is 3.18. The van der Waals surface area contributed by atoms with Crippen LogP contribution >= 0.6 is 0 Å². The Bertz CT molecular complexity index is 405. The lowest BCUT2D eigenvalue weighted by Crippen LogP contribution is -2.39. The number of piperidine rings is 1. The third kappa shape index (κ3) is 4.06. The lowest BCUT2D eigenvalue weighted by atomic mass is 10.0. The van der Waals surface area contributed by atoms with Gasteiger partial charge in [-0.2, -0.15) is 0 Å². The first-order valence-electron chi connectivity index (χ1n) is 7.29. The van der Waals surface area contributed by atoms with Crippen molar-refractivity contribution in [2.24, 2.45) is 0 Å². The average molecular weight is 260 g/mol. The molecule has 3 heteroatoms. The van der Waals surface area contributed by atoms with Gasteiger partial charge < -0.3 is 10.2 Å². The summed E-state index contributed by atoms with van der Waals surface area (Å²) in [6.45, 7) is 7.45. The number of carbonyl (C=O) groups is 1. The molecule has 3 nitrogen and oxygen atoms in total. The number of carbonyl (C=O) groups excluding carboxylic acids is 1. The highest BCUT2D eigenvalue weighted by atomic mass is 16.1. The summed E-state index contributed by atoms with van der Waals surface area (Å²) in [5.41, 5.74) is 1.90. The second kappa shape index (κ2) is 6.71. The van der Waals surface area contributed by atoms with E-state index < -0.39 is 0 Å². The molecule has 2 rings (SSSR count). The number of nitrogens with zero attached hydrogens (tertiary/aromatic N) is 1. The summed E-state index contributed by atoms with van der Waals surface area (Å²) >= 11 is 0. The van der Waals surface area contributed by atoms with Crippen LogP contribution in [-0.4, -0.2) is 36.4 Å². The van der Waals surface area contributed by atoms with Crippen LogP contribution < -0.4 is 5.32 Å². The smallest absolute Gasteiger partial charge is 0.159 e. The van der Waals surface area contributed by atoms with Crippen molar-refractivity contribution in [3.8, 4) is 0 Å². The Kier molecular flexibility index (Phi) is 4.97. The van der Waals surface area contributed by atoms with Crippen LogP contribution in [0, 0.1) is 0 Å². The Morgan fingerprint density at radius 3 is 2.42 bits per heavy atom. The number of nitrogens with one attached hydrogen (secondary N) is 1. The molecule has 0 saturated carbocycles. The maximum atomic E-state index is 11.2. The van der Waals surface area contributed by atoms with Crippen molar-refractivity contribution in [2.75, 3.05) is 25.0 Å². The molecule has 0 spiro atoms. The van der Waals surface area contributed by atoms with E-state index in [-0.39, 0.29) is 5.78 Å². The summed E-state index contributed by atoms with van der Waals surface area (Å²) in [5.74, 6) is 0.124. The van der Waals surface area contributed by atoms with E-state index in [1.807, 2.05) is 24.3 Å². The molecule has 1 N–H and O–H groups in total. The number of Topliss-reactive ketones (excluding diaryl/α,β-unsaturated/α-hetero) is 1. The maximum Gasteiger partial charge on any atom is 0.159 e. The van der Waals surface area contributed by atoms with Gasteiger partial charge in [-0.05, 0) is 57.0 Å². The van der Waals surface area contributed by atoms with Crippen LogP contribution in [0.3, 0.4) is 0 Å². The Morgan fingerprint density at radius 1 is 1.26 bits per heavy atom. The fourth-order valence-corrected chi connectivity index (χ4v) is 2.65. The van der Waals surface area contributed by atoms with Gasteiger partial charge in [0.05, 0.1) is 0 Å². The van der Waals surface area contributed by atoms with E-state index in [0.29, 0.717) is 6.04 Å². The minimum Gasteiger partial charge on any atom is -0.382 e. The van der Waals surface area contributed by atoms with Crippen LogP contribution in [0.4, 0.5) is 5.69 Å². The third-order valence-corrected chi connectivity index (χ3v) is 3.79. The first kappa shape index (κ1) is 14.1. The summed E-state index contributed by atoms with van der Waals surface area (Å²) in [6, 6.07) is 8.38. The largest absolute Gasteiger partial charge is 0.382 e. The molecule has 0 unspecified atom stereocenters. The average Bonchev–Trinajstić information content (AvgIpc) is 2.42. The van der Waals surface area contributed by atoms with E-state index in [2.05, 4.69) is 17.1 Å². The zero-order valence-corrected chi connectivity index (χ0v) is 12.0. The van der Waals surface area contributed by atoms with Crippen LogP contribution in [0.1, 0.15) is 43.5 Å². The molecule has 1 aliphatic rings. The number of anilines is 1. The van der Waals surface area contributed by atoms with E-state index in [1.165, 1.54) is 38.9 Å². The Hall–Kier alpha value is -1.35. The molecule has 0 atom stereocenters. The monoisotopic (exact) mass is 260 g/mol. The minimum atomic E-state index is 0.124. The summed E-state index contributed by atoms with van der Waals surface area (Å²) < 4.78 is 0. The van der Waals surface area contributed by atoms with Gasteiger partial charge in [0, 0.05) is 30.4 Å². The van der Waals surface area contributed by atoms with Gasteiger partial charge in [0.2, 0.25) is 0 Å². The van der Waals surface area contributed by atoms with Crippen LogP contribution in [-0.2, 0) is 0 Å².